The van der Waals surface area contributed by atoms with E-state index in [-0.39, 0.29) is 0 Å². The molecule has 1 aliphatic heterocycles. The smallest absolute Gasteiger partial charge is 0.248 e. The highest BCUT2D eigenvalue weighted by atomic mass is 16.5. The molecule has 5 nitrogen and oxygen atoms in total. The highest BCUT2D eigenvalue weighted by Gasteiger charge is 2.22. The van der Waals surface area contributed by atoms with Crippen LogP contribution in [0.1, 0.15) is 23.1 Å². The highest BCUT2D eigenvalue weighted by Crippen LogP contribution is 2.38. The summed E-state index contributed by atoms with van der Waals surface area (Å²) in [5.74, 6) is 1.82. The molecule has 0 bridgehead atoms. The number of para-hydroxylation sites is 1. The van der Waals surface area contributed by atoms with Gasteiger partial charge in [-0.15, -0.1) is 0 Å². The van der Waals surface area contributed by atoms with Crippen molar-refractivity contribution in [3.05, 3.63) is 65.5 Å². The maximum atomic E-state index is 6.40. The van der Waals surface area contributed by atoms with Crippen LogP contribution in [0.4, 0.5) is 17.2 Å². The van der Waals surface area contributed by atoms with Crippen LogP contribution in [-0.4, -0.2) is 16.5 Å². The van der Waals surface area contributed by atoms with E-state index in [4.69, 9.17) is 10.5 Å². The van der Waals surface area contributed by atoms with Crippen molar-refractivity contribution in [1.29, 1.82) is 0 Å². The summed E-state index contributed by atoms with van der Waals surface area (Å²) >= 11 is 0. The molecule has 0 fully saturated rings. The van der Waals surface area contributed by atoms with Crippen molar-refractivity contribution in [1.82, 2.24) is 9.97 Å². The summed E-state index contributed by atoms with van der Waals surface area (Å²) in [5, 5.41) is 0. The van der Waals surface area contributed by atoms with Crippen molar-refractivity contribution in [2.24, 2.45) is 0 Å². The van der Waals surface area contributed by atoms with E-state index in [0.29, 0.717) is 17.4 Å². The van der Waals surface area contributed by atoms with E-state index in [2.05, 4.69) is 46.9 Å². The van der Waals surface area contributed by atoms with Gasteiger partial charge in [-0.2, -0.15) is 4.98 Å². The Kier molecular flexibility index (Phi) is 4.21. The van der Waals surface area contributed by atoms with Crippen molar-refractivity contribution in [2.75, 3.05) is 17.2 Å². The van der Waals surface area contributed by atoms with E-state index in [1.807, 2.05) is 24.3 Å². The van der Waals surface area contributed by atoms with Gasteiger partial charge in [-0.05, 0) is 61.6 Å². The van der Waals surface area contributed by atoms with Crippen LogP contribution in [0, 0.1) is 13.8 Å². The number of nitrogens with zero attached hydrogens (tertiary/aromatic N) is 3. The maximum Gasteiger partial charge on any atom is 0.248 e. The Labute approximate surface area is 153 Å². The van der Waals surface area contributed by atoms with E-state index in [0.717, 1.165) is 30.8 Å². The Hall–Kier alpha value is -3.08. The van der Waals surface area contributed by atoms with Gasteiger partial charge in [-0.3, -0.25) is 0 Å². The molecule has 132 valence electrons. The number of hydrogen-bond donors (Lipinski definition) is 1. The number of aromatic nitrogens is 2. The second kappa shape index (κ2) is 6.67. The lowest BCUT2D eigenvalue weighted by atomic mass is 10.0. The Balaban J connectivity index is 1.70. The van der Waals surface area contributed by atoms with Crippen molar-refractivity contribution < 1.29 is 4.74 Å². The Morgan fingerprint density at radius 3 is 2.73 bits per heavy atom. The summed E-state index contributed by atoms with van der Waals surface area (Å²) in [6, 6.07) is 14.3. The van der Waals surface area contributed by atoms with Gasteiger partial charge >= 0.3 is 0 Å². The largest absolute Gasteiger partial charge is 0.437 e. The molecule has 2 N–H and O–H groups in total. The summed E-state index contributed by atoms with van der Waals surface area (Å²) in [6.07, 6.45) is 3.65. The number of nitrogens with two attached hydrogens (primary N) is 1. The molecule has 3 aromatic rings. The van der Waals surface area contributed by atoms with Gasteiger partial charge in [0.25, 0.3) is 0 Å². The zero-order valence-electron chi connectivity index (χ0n) is 15.1. The Bertz CT molecular complexity index is 954. The van der Waals surface area contributed by atoms with E-state index in [1.54, 1.807) is 0 Å². The fourth-order valence-corrected chi connectivity index (χ4v) is 3.31. The summed E-state index contributed by atoms with van der Waals surface area (Å²) in [4.78, 5) is 10.9. The summed E-state index contributed by atoms with van der Waals surface area (Å²) in [6.45, 7) is 5.01. The van der Waals surface area contributed by atoms with Gasteiger partial charge in [0.15, 0.2) is 5.82 Å². The van der Waals surface area contributed by atoms with Crippen molar-refractivity contribution >= 4 is 17.2 Å². The quantitative estimate of drug-likeness (QED) is 0.753. The van der Waals surface area contributed by atoms with Crippen LogP contribution < -0.4 is 15.4 Å². The molecule has 0 spiro atoms. The molecule has 1 aliphatic rings. The minimum Gasteiger partial charge on any atom is -0.437 e. The lowest BCUT2D eigenvalue weighted by Gasteiger charge is -2.31. The van der Waals surface area contributed by atoms with Crippen LogP contribution in [0.3, 0.4) is 0 Å². The number of ether oxygens (including phenoxy) is 1. The Morgan fingerprint density at radius 2 is 1.88 bits per heavy atom. The molecule has 0 saturated heterocycles. The van der Waals surface area contributed by atoms with Crippen LogP contribution in [0.2, 0.25) is 0 Å². The first kappa shape index (κ1) is 16.4. The molecule has 0 atom stereocenters. The second-order valence-corrected chi connectivity index (χ2v) is 6.65. The SMILES string of the molecule is Cc1ccc(Oc2ncnc(N3CCCc4ccccc43)c2N)cc1C. The monoisotopic (exact) mass is 346 g/mol. The van der Waals surface area contributed by atoms with Crippen LogP contribution in [0.25, 0.3) is 0 Å². The zero-order valence-corrected chi connectivity index (χ0v) is 15.1. The van der Waals surface area contributed by atoms with E-state index >= 15 is 0 Å². The van der Waals surface area contributed by atoms with Crippen molar-refractivity contribution in [2.45, 2.75) is 26.7 Å². The average Bonchev–Trinajstić information content (AvgIpc) is 2.66. The third-order valence-corrected chi connectivity index (χ3v) is 4.89. The minimum atomic E-state index is 0.390. The van der Waals surface area contributed by atoms with Gasteiger partial charge in [-0.1, -0.05) is 24.3 Å². The fraction of sp³-hybridized carbons (Fsp3) is 0.238. The normalized spacial score (nSPS) is 13.4. The van der Waals surface area contributed by atoms with Gasteiger partial charge in [-0.25, -0.2) is 4.98 Å². The molecule has 5 heteroatoms. The van der Waals surface area contributed by atoms with E-state index in [1.165, 1.54) is 23.0 Å². The molecule has 0 saturated carbocycles. The predicted octanol–water partition coefficient (Wildman–Crippen LogP) is 4.55. The molecule has 2 aromatic carbocycles. The zero-order chi connectivity index (χ0) is 18.1. The van der Waals surface area contributed by atoms with Gasteiger partial charge in [0.2, 0.25) is 5.88 Å². The van der Waals surface area contributed by atoms with Gasteiger partial charge < -0.3 is 15.4 Å². The summed E-state index contributed by atoms with van der Waals surface area (Å²) < 4.78 is 5.96. The molecule has 0 aliphatic carbocycles. The number of fused-ring (bicyclic) bond motifs is 1. The lowest BCUT2D eigenvalue weighted by molar-refractivity contribution is 0.463. The standard InChI is InChI=1S/C21H22N4O/c1-14-9-10-17(12-15(14)2)26-21-19(22)20(23-13-24-21)25-11-5-7-16-6-3-4-8-18(16)25/h3-4,6,8-10,12-13H,5,7,11,22H2,1-2H3. The number of rotatable bonds is 3. The molecule has 26 heavy (non-hydrogen) atoms. The fourth-order valence-electron chi connectivity index (χ4n) is 3.31. The average molecular weight is 346 g/mol. The lowest BCUT2D eigenvalue weighted by Crippen LogP contribution is -2.26. The molecule has 1 aromatic heterocycles. The molecular formula is C21H22N4O. The molecule has 0 unspecified atom stereocenters. The van der Waals surface area contributed by atoms with Gasteiger partial charge in [0.05, 0.1) is 0 Å². The number of nitrogen functional groups attached to an aromatic ring is 1. The first-order valence-corrected chi connectivity index (χ1v) is 8.84. The van der Waals surface area contributed by atoms with E-state index < -0.39 is 0 Å². The van der Waals surface area contributed by atoms with Crippen molar-refractivity contribution in [3.8, 4) is 11.6 Å². The number of anilines is 3. The maximum absolute atomic E-state index is 6.40. The van der Waals surface area contributed by atoms with E-state index in [9.17, 15) is 0 Å². The molecule has 2 heterocycles. The molecule has 0 radical (unpaired) electrons. The number of aryl methyl sites for hydroxylation is 3. The van der Waals surface area contributed by atoms with Crippen LogP contribution in [0.15, 0.2) is 48.8 Å². The highest BCUT2D eigenvalue weighted by molar-refractivity contribution is 5.76. The third kappa shape index (κ3) is 2.96. The van der Waals surface area contributed by atoms with Gasteiger partial charge in [0, 0.05) is 12.2 Å². The summed E-state index contributed by atoms with van der Waals surface area (Å²) in [5.41, 5.74) is 11.7. The molecule has 0 amide bonds. The first-order valence-electron chi connectivity index (χ1n) is 8.84. The topological polar surface area (TPSA) is 64.3 Å². The van der Waals surface area contributed by atoms with Crippen LogP contribution in [-0.2, 0) is 6.42 Å². The van der Waals surface area contributed by atoms with Crippen LogP contribution in [0.5, 0.6) is 11.6 Å². The van der Waals surface area contributed by atoms with Gasteiger partial charge in [0.1, 0.15) is 17.8 Å². The molecule has 4 rings (SSSR count). The minimum absolute atomic E-state index is 0.390. The first-order chi connectivity index (χ1) is 12.6. The van der Waals surface area contributed by atoms with Crippen LogP contribution >= 0.6 is 0 Å². The number of benzene rings is 2. The molecular weight excluding hydrogens is 324 g/mol. The third-order valence-electron chi connectivity index (χ3n) is 4.89. The Morgan fingerprint density at radius 1 is 1.04 bits per heavy atom. The summed E-state index contributed by atoms with van der Waals surface area (Å²) in [7, 11) is 0. The van der Waals surface area contributed by atoms with Crippen molar-refractivity contribution in [3.63, 3.8) is 0 Å². The second-order valence-electron chi connectivity index (χ2n) is 6.65. The number of hydrogen-bond acceptors (Lipinski definition) is 5. The predicted molar refractivity (Wildman–Crippen MR) is 104 cm³/mol.